The lowest BCUT2D eigenvalue weighted by molar-refractivity contribution is -0.156. The van der Waals surface area contributed by atoms with Crippen molar-refractivity contribution in [3.8, 4) is 11.5 Å². The van der Waals surface area contributed by atoms with E-state index in [2.05, 4.69) is 26.1 Å². The molecule has 0 unspecified atom stereocenters. The summed E-state index contributed by atoms with van der Waals surface area (Å²) in [6, 6.07) is 14.7. The third-order valence-corrected chi connectivity index (χ3v) is 4.15. The molecule has 2 aromatic rings. The largest absolute Gasteiger partial charge is 0.485 e. The van der Waals surface area contributed by atoms with E-state index in [-0.39, 0.29) is 18.6 Å². The number of para-hydroxylation sites is 2. The fraction of sp³-hybridized carbons (Fsp3) is 0.333. The number of carbonyl (C=O) groups is 2. The van der Waals surface area contributed by atoms with Gasteiger partial charge in [-0.05, 0) is 35.2 Å². The molecule has 0 saturated carbocycles. The second-order valence-corrected chi connectivity index (χ2v) is 7.35. The van der Waals surface area contributed by atoms with Crippen molar-refractivity contribution in [2.24, 2.45) is 0 Å². The zero-order valence-electron chi connectivity index (χ0n) is 15.7. The molecule has 1 heterocycles. The molecule has 2 aromatic carbocycles. The van der Waals surface area contributed by atoms with E-state index >= 15 is 0 Å². The van der Waals surface area contributed by atoms with Gasteiger partial charge in [0.2, 0.25) is 6.10 Å². The number of anilines is 1. The van der Waals surface area contributed by atoms with Gasteiger partial charge in [0.1, 0.15) is 6.61 Å². The van der Waals surface area contributed by atoms with Crippen molar-refractivity contribution < 1.29 is 23.8 Å². The molecule has 1 N–H and O–H groups in total. The first-order valence-electron chi connectivity index (χ1n) is 8.78. The van der Waals surface area contributed by atoms with Crippen molar-refractivity contribution in [3.05, 3.63) is 54.1 Å². The summed E-state index contributed by atoms with van der Waals surface area (Å²) in [7, 11) is 0. The minimum Gasteiger partial charge on any atom is -0.485 e. The number of carbonyl (C=O) groups excluding carboxylic acids is 2. The summed E-state index contributed by atoms with van der Waals surface area (Å²) in [4.78, 5) is 24.1. The Morgan fingerprint density at radius 3 is 2.41 bits per heavy atom. The van der Waals surface area contributed by atoms with Crippen LogP contribution in [0.2, 0.25) is 0 Å². The Balaban J connectivity index is 1.48. The Hall–Kier alpha value is -3.02. The molecular weight excluding hydrogens is 346 g/mol. The van der Waals surface area contributed by atoms with Crippen LogP contribution in [0, 0.1) is 0 Å². The Morgan fingerprint density at radius 1 is 1.07 bits per heavy atom. The molecule has 0 aromatic heterocycles. The number of fused-ring (bicyclic) bond motifs is 1. The number of nitrogens with one attached hydrogen (secondary N) is 1. The lowest BCUT2D eigenvalue weighted by atomic mass is 9.87. The van der Waals surface area contributed by atoms with Gasteiger partial charge in [-0.25, -0.2) is 4.79 Å². The molecule has 0 bridgehead atoms. The predicted molar refractivity (Wildman–Crippen MR) is 101 cm³/mol. The average molecular weight is 369 g/mol. The molecule has 0 aliphatic carbocycles. The highest BCUT2D eigenvalue weighted by molar-refractivity contribution is 5.93. The van der Waals surface area contributed by atoms with Crippen LogP contribution >= 0.6 is 0 Å². The molecule has 6 nitrogen and oxygen atoms in total. The van der Waals surface area contributed by atoms with E-state index < -0.39 is 18.0 Å². The Bertz CT molecular complexity index is 823. The van der Waals surface area contributed by atoms with Crippen LogP contribution in [0.4, 0.5) is 5.69 Å². The van der Waals surface area contributed by atoms with Crippen LogP contribution in [0.25, 0.3) is 0 Å². The molecule has 0 saturated heterocycles. The van der Waals surface area contributed by atoms with Crippen molar-refractivity contribution in [2.75, 3.05) is 18.5 Å². The third kappa shape index (κ3) is 4.78. The lowest BCUT2D eigenvalue weighted by Gasteiger charge is -2.24. The fourth-order valence-corrected chi connectivity index (χ4v) is 2.62. The number of esters is 1. The van der Waals surface area contributed by atoms with E-state index in [9.17, 15) is 9.59 Å². The molecule has 3 rings (SSSR count). The van der Waals surface area contributed by atoms with Gasteiger partial charge in [0.15, 0.2) is 18.1 Å². The van der Waals surface area contributed by atoms with Crippen molar-refractivity contribution in [1.82, 2.24) is 0 Å². The fourth-order valence-electron chi connectivity index (χ4n) is 2.62. The summed E-state index contributed by atoms with van der Waals surface area (Å²) in [5, 5.41) is 2.71. The number of amides is 1. The van der Waals surface area contributed by atoms with E-state index in [1.54, 1.807) is 18.2 Å². The van der Waals surface area contributed by atoms with Gasteiger partial charge in [0.25, 0.3) is 5.91 Å². The van der Waals surface area contributed by atoms with Gasteiger partial charge in [-0.1, -0.05) is 45.0 Å². The Kier molecular flexibility index (Phi) is 5.35. The minimum atomic E-state index is -0.890. The molecule has 0 radical (unpaired) electrons. The lowest BCUT2D eigenvalue weighted by Crippen LogP contribution is -2.39. The van der Waals surface area contributed by atoms with Crippen LogP contribution in [0.15, 0.2) is 48.5 Å². The van der Waals surface area contributed by atoms with E-state index in [4.69, 9.17) is 14.2 Å². The molecule has 6 heteroatoms. The topological polar surface area (TPSA) is 73.9 Å². The second-order valence-electron chi connectivity index (χ2n) is 7.35. The number of rotatable bonds is 4. The average Bonchev–Trinajstić information content (AvgIpc) is 2.65. The summed E-state index contributed by atoms with van der Waals surface area (Å²) in [6.45, 7) is 6.02. The van der Waals surface area contributed by atoms with Crippen molar-refractivity contribution in [2.45, 2.75) is 32.3 Å². The van der Waals surface area contributed by atoms with Gasteiger partial charge in [-0.15, -0.1) is 0 Å². The highest BCUT2D eigenvalue weighted by atomic mass is 16.6. The van der Waals surface area contributed by atoms with Crippen LogP contribution < -0.4 is 14.8 Å². The van der Waals surface area contributed by atoms with Gasteiger partial charge >= 0.3 is 5.97 Å². The van der Waals surface area contributed by atoms with Gasteiger partial charge in [0.05, 0.1) is 0 Å². The standard InChI is InChI=1S/C21H23NO5/c1-21(2,3)14-8-10-15(11-9-14)22-19(23)13-26-20(24)18-12-25-16-6-4-5-7-17(16)27-18/h4-11,18H,12-13H2,1-3H3,(H,22,23)/t18-/m1/s1. The first-order chi connectivity index (χ1) is 12.8. The highest BCUT2D eigenvalue weighted by Crippen LogP contribution is 2.31. The summed E-state index contributed by atoms with van der Waals surface area (Å²) in [6.07, 6.45) is -0.890. The molecule has 0 spiro atoms. The van der Waals surface area contributed by atoms with E-state index in [0.717, 1.165) is 0 Å². The predicted octanol–water partition coefficient (Wildman–Crippen LogP) is 3.31. The van der Waals surface area contributed by atoms with Gasteiger partial charge in [-0.2, -0.15) is 0 Å². The molecule has 142 valence electrons. The van der Waals surface area contributed by atoms with Crippen LogP contribution in [0.1, 0.15) is 26.3 Å². The summed E-state index contributed by atoms with van der Waals surface area (Å²) >= 11 is 0. The van der Waals surface area contributed by atoms with Crippen LogP contribution in [-0.2, 0) is 19.7 Å². The number of hydrogen-bond donors (Lipinski definition) is 1. The van der Waals surface area contributed by atoms with Crippen LogP contribution in [0.3, 0.4) is 0 Å². The maximum Gasteiger partial charge on any atom is 0.351 e. The van der Waals surface area contributed by atoms with Gasteiger partial charge in [0, 0.05) is 5.69 Å². The van der Waals surface area contributed by atoms with Crippen molar-refractivity contribution >= 4 is 17.6 Å². The van der Waals surface area contributed by atoms with E-state index in [1.165, 1.54) is 5.56 Å². The van der Waals surface area contributed by atoms with Gasteiger partial charge in [-0.3, -0.25) is 4.79 Å². The van der Waals surface area contributed by atoms with Crippen LogP contribution in [-0.4, -0.2) is 31.2 Å². The summed E-state index contributed by atoms with van der Waals surface area (Å²) in [5.74, 6) is 0.0128. The number of hydrogen-bond acceptors (Lipinski definition) is 5. The molecule has 1 aliphatic heterocycles. The van der Waals surface area contributed by atoms with Gasteiger partial charge < -0.3 is 19.5 Å². The monoisotopic (exact) mass is 369 g/mol. The number of benzene rings is 2. The Labute approximate surface area is 158 Å². The number of ether oxygens (including phenoxy) is 3. The van der Waals surface area contributed by atoms with Crippen molar-refractivity contribution in [1.29, 1.82) is 0 Å². The van der Waals surface area contributed by atoms with E-state index in [0.29, 0.717) is 17.2 Å². The van der Waals surface area contributed by atoms with Crippen LogP contribution in [0.5, 0.6) is 11.5 Å². The molecule has 1 amide bonds. The SMILES string of the molecule is CC(C)(C)c1ccc(NC(=O)COC(=O)[C@H]2COc3ccccc3O2)cc1. The molecule has 1 atom stereocenters. The molecular formula is C21H23NO5. The normalized spacial score (nSPS) is 15.7. The maximum absolute atomic E-state index is 12.1. The minimum absolute atomic E-state index is 0.0404. The van der Waals surface area contributed by atoms with E-state index in [1.807, 2.05) is 30.3 Å². The summed E-state index contributed by atoms with van der Waals surface area (Å²) < 4.78 is 16.1. The first-order valence-corrected chi connectivity index (χ1v) is 8.78. The molecule has 0 fully saturated rings. The third-order valence-electron chi connectivity index (χ3n) is 4.15. The maximum atomic E-state index is 12.1. The quantitative estimate of drug-likeness (QED) is 0.837. The second kappa shape index (κ2) is 7.70. The van der Waals surface area contributed by atoms with Crippen molar-refractivity contribution in [3.63, 3.8) is 0 Å². The smallest absolute Gasteiger partial charge is 0.351 e. The Morgan fingerprint density at radius 2 is 1.74 bits per heavy atom. The summed E-state index contributed by atoms with van der Waals surface area (Å²) in [5.41, 5.74) is 1.86. The zero-order chi connectivity index (χ0) is 19.4. The first kappa shape index (κ1) is 18.8. The molecule has 1 aliphatic rings. The molecule has 27 heavy (non-hydrogen) atoms. The highest BCUT2D eigenvalue weighted by Gasteiger charge is 2.29. The zero-order valence-corrected chi connectivity index (χ0v) is 15.7.